The summed E-state index contributed by atoms with van der Waals surface area (Å²) in [7, 11) is 1.81. The minimum absolute atomic E-state index is 0. The van der Waals surface area contributed by atoms with Gasteiger partial charge in [0.05, 0.1) is 0 Å². The Kier molecular flexibility index (Phi) is 10.5. The number of hydrogen-bond donors (Lipinski definition) is 3. The molecule has 0 heterocycles. The summed E-state index contributed by atoms with van der Waals surface area (Å²) in [5, 5.41) is 10.2. The summed E-state index contributed by atoms with van der Waals surface area (Å²) < 4.78 is 0. The Balaban J connectivity index is 0.00000484. The van der Waals surface area contributed by atoms with Gasteiger partial charge >= 0.3 is 0 Å². The Hall–Kier alpha value is -0.820. The van der Waals surface area contributed by atoms with Crippen molar-refractivity contribution < 1.29 is 0 Å². The standard InChI is InChI=1S/C18H32N4.HI/c1-14-8-7-9-16(12-14)15(2)13-21-17(19-6)20-10-11-22-18(3,4)5;/h7-9,12,15,22H,10-11,13H2,1-6H3,(H2,19,20,21);1H. The monoisotopic (exact) mass is 432 g/mol. The van der Waals surface area contributed by atoms with Crippen LogP contribution in [0.1, 0.15) is 44.7 Å². The van der Waals surface area contributed by atoms with Crippen LogP contribution in [0, 0.1) is 6.92 Å². The lowest BCUT2D eigenvalue weighted by molar-refractivity contribution is 0.428. The largest absolute Gasteiger partial charge is 0.356 e. The second-order valence-electron chi connectivity index (χ2n) is 6.87. The van der Waals surface area contributed by atoms with Crippen molar-refractivity contribution in [3.63, 3.8) is 0 Å². The molecule has 1 aromatic carbocycles. The van der Waals surface area contributed by atoms with E-state index in [9.17, 15) is 0 Å². The van der Waals surface area contributed by atoms with Gasteiger partial charge in [0.25, 0.3) is 0 Å². The van der Waals surface area contributed by atoms with Crippen LogP contribution < -0.4 is 16.0 Å². The summed E-state index contributed by atoms with van der Waals surface area (Å²) in [6.07, 6.45) is 0. The third kappa shape index (κ3) is 9.81. The average Bonchev–Trinajstić information content (AvgIpc) is 2.45. The first-order valence-electron chi connectivity index (χ1n) is 8.08. The number of aryl methyl sites for hydroxylation is 1. The maximum Gasteiger partial charge on any atom is 0.191 e. The van der Waals surface area contributed by atoms with E-state index in [1.807, 2.05) is 7.05 Å². The second kappa shape index (κ2) is 10.9. The molecule has 23 heavy (non-hydrogen) atoms. The molecule has 0 saturated heterocycles. The van der Waals surface area contributed by atoms with Crippen molar-refractivity contribution in [1.29, 1.82) is 0 Å². The van der Waals surface area contributed by atoms with Crippen molar-refractivity contribution >= 4 is 29.9 Å². The first-order chi connectivity index (χ1) is 10.3. The molecule has 1 unspecified atom stereocenters. The fraction of sp³-hybridized carbons (Fsp3) is 0.611. The number of nitrogens with zero attached hydrogens (tertiary/aromatic N) is 1. The Bertz CT molecular complexity index is 480. The van der Waals surface area contributed by atoms with Gasteiger partial charge in [-0.1, -0.05) is 36.8 Å². The summed E-state index contributed by atoms with van der Waals surface area (Å²) >= 11 is 0. The molecule has 1 atom stereocenters. The molecule has 0 radical (unpaired) electrons. The normalized spacial score (nSPS) is 13.2. The van der Waals surface area contributed by atoms with E-state index in [1.165, 1.54) is 11.1 Å². The molecule has 0 aromatic heterocycles. The topological polar surface area (TPSA) is 48.5 Å². The van der Waals surface area contributed by atoms with Gasteiger partial charge in [-0.2, -0.15) is 0 Å². The van der Waals surface area contributed by atoms with Gasteiger partial charge in [0.1, 0.15) is 0 Å². The van der Waals surface area contributed by atoms with Crippen molar-refractivity contribution in [2.75, 3.05) is 26.7 Å². The molecule has 3 N–H and O–H groups in total. The van der Waals surface area contributed by atoms with E-state index in [1.54, 1.807) is 0 Å². The SMILES string of the molecule is CN=C(NCCNC(C)(C)C)NCC(C)c1cccc(C)c1.I. The molecule has 132 valence electrons. The Morgan fingerprint density at radius 1 is 1.17 bits per heavy atom. The molecular weight excluding hydrogens is 399 g/mol. The van der Waals surface area contributed by atoms with E-state index in [-0.39, 0.29) is 29.5 Å². The lowest BCUT2D eigenvalue weighted by Gasteiger charge is -2.21. The van der Waals surface area contributed by atoms with Gasteiger partial charge in [0, 0.05) is 32.2 Å². The number of rotatable bonds is 6. The van der Waals surface area contributed by atoms with Crippen LogP contribution in [0.15, 0.2) is 29.3 Å². The molecule has 0 saturated carbocycles. The van der Waals surface area contributed by atoms with Crippen molar-refractivity contribution in [2.45, 2.75) is 46.1 Å². The Labute approximate surface area is 158 Å². The third-order valence-electron chi connectivity index (χ3n) is 3.48. The number of halogens is 1. The molecule has 1 aromatic rings. The predicted molar refractivity (Wildman–Crippen MR) is 112 cm³/mol. The van der Waals surface area contributed by atoms with Gasteiger partial charge < -0.3 is 16.0 Å². The Morgan fingerprint density at radius 2 is 1.87 bits per heavy atom. The van der Waals surface area contributed by atoms with E-state index in [0.29, 0.717) is 5.92 Å². The van der Waals surface area contributed by atoms with Gasteiger partial charge in [-0.05, 0) is 39.2 Å². The van der Waals surface area contributed by atoms with Crippen LogP contribution in [-0.4, -0.2) is 38.2 Å². The number of guanidine groups is 1. The zero-order valence-electron chi connectivity index (χ0n) is 15.4. The average molecular weight is 432 g/mol. The molecular formula is C18H33IN4. The highest BCUT2D eigenvalue weighted by atomic mass is 127. The van der Waals surface area contributed by atoms with Gasteiger partial charge in [0.15, 0.2) is 5.96 Å². The molecule has 0 aliphatic heterocycles. The molecule has 5 heteroatoms. The van der Waals surface area contributed by atoms with Crippen LogP contribution in [0.4, 0.5) is 0 Å². The summed E-state index contributed by atoms with van der Waals surface area (Å²) in [6.45, 7) is 13.5. The predicted octanol–water partition coefficient (Wildman–Crippen LogP) is 3.27. The lowest BCUT2D eigenvalue weighted by atomic mass is 9.99. The van der Waals surface area contributed by atoms with E-state index in [4.69, 9.17) is 0 Å². The quantitative estimate of drug-likeness (QED) is 0.280. The van der Waals surface area contributed by atoms with Crippen LogP contribution in [0.5, 0.6) is 0 Å². The van der Waals surface area contributed by atoms with Gasteiger partial charge in [0.2, 0.25) is 0 Å². The van der Waals surface area contributed by atoms with Crippen molar-refractivity contribution in [3.05, 3.63) is 35.4 Å². The van der Waals surface area contributed by atoms with Crippen molar-refractivity contribution in [1.82, 2.24) is 16.0 Å². The van der Waals surface area contributed by atoms with Crippen LogP contribution in [0.2, 0.25) is 0 Å². The first-order valence-corrected chi connectivity index (χ1v) is 8.08. The molecule has 0 amide bonds. The minimum Gasteiger partial charge on any atom is -0.356 e. The smallest absolute Gasteiger partial charge is 0.191 e. The zero-order chi connectivity index (χ0) is 16.6. The molecule has 0 fully saturated rings. The van der Waals surface area contributed by atoms with Gasteiger partial charge in [-0.25, -0.2) is 0 Å². The molecule has 0 spiro atoms. The maximum absolute atomic E-state index is 4.27. The number of aliphatic imine (C=N–C) groups is 1. The third-order valence-corrected chi connectivity index (χ3v) is 3.48. The lowest BCUT2D eigenvalue weighted by Crippen LogP contribution is -2.45. The van der Waals surface area contributed by atoms with Crippen LogP contribution in [-0.2, 0) is 0 Å². The fourth-order valence-electron chi connectivity index (χ4n) is 2.18. The van der Waals surface area contributed by atoms with E-state index >= 15 is 0 Å². The highest BCUT2D eigenvalue weighted by molar-refractivity contribution is 14.0. The summed E-state index contributed by atoms with van der Waals surface area (Å²) in [4.78, 5) is 4.27. The van der Waals surface area contributed by atoms with Gasteiger partial charge in [-0.15, -0.1) is 24.0 Å². The minimum atomic E-state index is 0. The molecule has 1 rings (SSSR count). The van der Waals surface area contributed by atoms with E-state index in [0.717, 1.165) is 25.6 Å². The molecule has 0 aliphatic rings. The highest BCUT2D eigenvalue weighted by Crippen LogP contribution is 2.15. The van der Waals surface area contributed by atoms with Gasteiger partial charge in [-0.3, -0.25) is 4.99 Å². The molecule has 0 bridgehead atoms. The zero-order valence-corrected chi connectivity index (χ0v) is 17.7. The number of nitrogens with one attached hydrogen (secondary N) is 3. The van der Waals surface area contributed by atoms with Crippen LogP contribution >= 0.6 is 24.0 Å². The highest BCUT2D eigenvalue weighted by Gasteiger charge is 2.09. The molecule has 4 nitrogen and oxygen atoms in total. The summed E-state index contributed by atoms with van der Waals surface area (Å²) in [5.74, 6) is 1.31. The maximum atomic E-state index is 4.27. The van der Waals surface area contributed by atoms with Crippen molar-refractivity contribution in [3.8, 4) is 0 Å². The second-order valence-corrected chi connectivity index (χ2v) is 6.87. The van der Waals surface area contributed by atoms with E-state index in [2.05, 4.69) is 79.8 Å². The van der Waals surface area contributed by atoms with E-state index < -0.39 is 0 Å². The fourth-order valence-corrected chi connectivity index (χ4v) is 2.18. The summed E-state index contributed by atoms with van der Waals surface area (Å²) in [5.41, 5.74) is 2.82. The van der Waals surface area contributed by atoms with Crippen molar-refractivity contribution in [2.24, 2.45) is 4.99 Å². The molecule has 0 aliphatic carbocycles. The van der Waals surface area contributed by atoms with Crippen LogP contribution in [0.3, 0.4) is 0 Å². The Morgan fingerprint density at radius 3 is 2.43 bits per heavy atom. The number of benzene rings is 1. The van der Waals surface area contributed by atoms with Crippen LogP contribution in [0.25, 0.3) is 0 Å². The summed E-state index contributed by atoms with van der Waals surface area (Å²) in [6, 6.07) is 8.68. The number of hydrogen-bond acceptors (Lipinski definition) is 2. The first kappa shape index (κ1) is 22.2.